The fraction of sp³-hybridized carbons (Fsp3) is 0.536. The first-order valence-electron chi connectivity index (χ1n) is 12.3. The second kappa shape index (κ2) is 8.68. The van der Waals surface area contributed by atoms with Crippen LogP contribution in [0.1, 0.15) is 78.0 Å². The Balaban J connectivity index is 1.81. The van der Waals surface area contributed by atoms with Crippen LogP contribution in [-0.4, -0.2) is 21.0 Å². The van der Waals surface area contributed by atoms with Gasteiger partial charge in [-0.15, -0.1) is 13.2 Å². The lowest BCUT2D eigenvalue weighted by Gasteiger charge is -2.45. The number of imidazole rings is 1. The van der Waals surface area contributed by atoms with E-state index in [2.05, 4.69) is 48.4 Å². The van der Waals surface area contributed by atoms with Crippen molar-refractivity contribution >= 4 is 22.7 Å². The fourth-order valence-electron chi connectivity index (χ4n) is 6.20. The van der Waals surface area contributed by atoms with Crippen molar-refractivity contribution in [3.8, 4) is 5.75 Å². The Hall–Kier alpha value is -2.74. The Morgan fingerprint density at radius 3 is 2.14 bits per heavy atom. The first-order chi connectivity index (χ1) is 16.4. The average molecular weight is 504 g/mol. The summed E-state index contributed by atoms with van der Waals surface area (Å²) in [5, 5.41) is 14.0. The van der Waals surface area contributed by atoms with Crippen LogP contribution in [-0.2, 0) is 5.60 Å². The van der Waals surface area contributed by atoms with E-state index in [0.29, 0.717) is 11.6 Å². The molecule has 1 heterocycles. The zero-order valence-corrected chi connectivity index (χ0v) is 22.0. The van der Waals surface area contributed by atoms with Crippen molar-refractivity contribution in [2.75, 3.05) is 5.32 Å². The lowest BCUT2D eigenvalue weighted by molar-refractivity contribution is -0.274. The van der Waals surface area contributed by atoms with Gasteiger partial charge in [-0.3, -0.25) is 0 Å². The van der Waals surface area contributed by atoms with Crippen LogP contribution in [0, 0.1) is 17.8 Å². The zero-order valence-electron chi connectivity index (χ0n) is 22.0. The smallest absolute Gasteiger partial charge is 0.406 e. The third kappa shape index (κ3) is 5.80. The number of fused-ring (bicyclic) bond motifs is 1. The van der Waals surface area contributed by atoms with Crippen molar-refractivity contribution in [3.63, 3.8) is 0 Å². The Morgan fingerprint density at radius 1 is 1.03 bits per heavy atom. The lowest BCUT2D eigenvalue weighted by atomic mass is 9.63. The zero-order chi connectivity index (χ0) is 26.7. The molecule has 196 valence electrons. The summed E-state index contributed by atoms with van der Waals surface area (Å²) in [5.74, 6) is 0.350. The predicted octanol–water partition coefficient (Wildman–Crippen LogP) is 7.99. The van der Waals surface area contributed by atoms with Gasteiger partial charge in [0.05, 0.1) is 16.6 Å². The number of anilines is 2. The van der Waals surface area contributed by atoms with E-state index in [0.717, 1.165) is 41.4 Å². The monoisotopic (exact) mass is 503 g/mol. The molecule has 3 aromatic rings. The quantitative estimate of drug-likeness (QED) is 0.370. The van der Waals surface area contributed by atoms with Crippen LogP contribution in [0.2, 0.25) is 0 Å². The molecule has 1 aliphatic carbocycles. The van der Waals surface area contributed by atoms with Crippen molar-refractivity contribution in [3.05, 3.63) is 47.5 Å². The molecular formula is C28H36F3N3O2. The van der Waals surface area contributed by atoms with Gasteiger partial charge in [-0.25, -0.2) is 4.98 Å². The molecule has 1 aliphatic rings. The van der Waals surface area contributed by atoms with E-state index in [1.165, 1.54) is 12.1 Å². The SMILES string of the molecule is Cc1cc2c(cc1C(C)(C)O)nc(Nc1ccc(OC(F)(F)F)cc1)n2C1CC(C)(C)CC(C)(C)C1. The number of benzene rings is 2. The highest BCUT2D eigenvalue weighted by atomic mass is 19.4. The van der Waals surface area contributed by atoms with Crippen molar-refractivity contribution in [2.45, 2.75) is 85.7 Å². The van der Waals surface area contributed by atoms with Gasteiger partial charge in [-0.1, -0.05) is 27.7 Å². The summed E-state index contributed by atoms with van der Waals surface area (Å²) in [6.45, 7) is 14.7. The van der Waals surface area contributed by atoms with Crippen LogP contribution in [0.5, 0.6) is 5.75 Å². The number of nitrogens with zero attached hydrogens (tertiary/aromatic N) is 2. The summed E-state index contributed by atoms with van der Waals surface area (Å²) in [6, 6.07) is 9.86. The Bertz CT molecular complexity index is 1240. The highest BCUT2D eigenvalue weighted by Crippen LogP contribution is 2.51. The number of ether oxygens (including phenoxy) is 1. The molecule has 8 heteroatoms. The Kier molecular flexibility index (Phi) is 6.35. The first kappa shape index (κ1) is 26.3. The average Bonchev–Trinajstić information content (AvgIpc) is 3.01. The highest BCUT2D eigenvalue weighted by molar-refractivity contribution is 5.82. The molecule has 0 amide bonds. The minimum absolute atomic E-state index is 0.138. The highest BCUT2D eigenvalue weighted by Gasteiger charge is 2.40. The third-order valence-corrected chi connectivity index (χ3v) is 6.94. The molecule has 5 nitrogen and oxygen atoms in total. The van der Waals surface area contributed by atoms with E-state index < -0.39 is 12.0 Å². The molecule has 0 atom stereocenters. The molecule has 2 N–H and O–H groups in total. The molecule has 0 bridgehead atoms. The molecule has 1 saturated carbocycles. The van der Waals surface area contributed by atoms with Crippen LogP contribution in [0.25, 0.3) is 11.0 Å². The second-order valence-electron chi connectivity index (χ2n) is 12.3. The van der Waals surface area contributed by atoms with Crippen LogP contribution in [0.15, 0.2) is 36.4 Å². The lowest BCUT2D eigenvalue weighted by Crippen LogP contribution is -2.35. The van der Waals surface area contributed by atoms with Crippen LogP contribution in [0.4, 0.5) is 24.8 Å². The molecule has 0 radical (unpaired) electrons. The number of rotatable bonds is 5. The van der Waals surface area contributed by atoms with Crippen molar-refractivity contribution in [1.82, 2.24) is 9.55 Å². The fourth-order valence-corrected chi connectivity index (χ4v) is 6.20. The molecule has 0 spiro atoms. The van der Waals surface area contributed by atoms with E-state index in [9.17, 15) is 18.3 Å². The maximum absolute atomic E-state index is 12.6. The van der Waals surface area contributed by atoms with Gasteiger partial charge in [0.2, 0.25) is 5.95 Å². The molecule has 2 aromatic carbocycles. The summed E-state index contributed by atoms with van der Waals surface area (Å²) < 4.78 is 44.0. The topological polar surface area (TPSA) is 59.3 Å². The van der Waals surface area contributed by atoms with Crippen LogP contribution < -0.4 is 10.1 Å². The molecular weight excluding hydrogens is 467 g/mol. The summed E-state index contributed by atoms with van der Waals surface area (Å²) in [6.07, 6.45) is -1.67. The number of hydrogen-bond acceptors (Lipinski definition) is 4. The van der Waals surface area contributed by atoms with Crippen LogP contribution >= 0.6 is 0 Å². The Labute approximate surface area is 210 Å². The number of nitrogens with one attached hydrogen (secondary N) is 1. The van der Waals surface area contributed by atoms with Gasteiger partial charge in [0.1, 0.15) is 5.75 Å². The molecule has 1 fully saturated rings. The minimum atomic E-state index is -4.74. The standard InChI is InChI=1S/C28H36F3N3O2/c1-17-12-23-22(13-21(17)27(6,7)35)33-24(32-18-8-10-20(11-9-18)36-28(29,30)31)34(23)19-14-25(2,3)16-26(4,5)15-19/h8-13,19,35H,14-16H2,1-7H3,(H,32,33). The number of halogens is 3. The van der Waals surface area contributed by atoms with Crippen LogP contribution in [0.3, 0.4) is 0 Å². The number of aliphatic hydroxyl groups is 1. The minimum Gasteiger partial charge on any atom is -0.406 e. The molecule has 0 unspecified atom stereocenters. The molecule has 0 aliphatic heterocycles. The molecule has 1 aromatic heterocycles. The van der Waals surface area contributed by atoms with E-state index in [1.54, 1.807) is 26.0 Å². The maximum atomic E-state index is 12.6. The molecule has 0 saturated heterocycles. The third-order valence-electron chi connectivity index (χ3n) is 6.94. The number of aryl methyl sites for hydroxylation is 1. The van der Waals surface area contributed by atoms with E-state index in [1.807, 2.05) is 13.0 Å². The summed E-state index contributed by atoms with van der Waals surface area (Å²) >= 11 is 0. The van der Waals surface area contributed by atoms with Gasteiger partial charge in [-0.2, -0.15) is 0 Å². The van der Waals surface area contributed by atoms with Gasteiger partial charge in [0, 0.05) is 11.7 Å². The normalized spacial score (nSPS) is 18.4. The molecule has 36 heavy (non-hydrogen) atoms. The summed E-state index contributed by atoms with van der Waals surface area (Å²) in [4.78, 5) is 4.91. The predicted molar refractivity (Wildman–Crippen MR) is 137 cm³/mol. The molecule has 4 rings (SSSR count). The summed E-state index contributed by atoms with van der Waals surface area (Å²) in [5.41, 5.74) is 3.39. The van der Waals surface area contributed by atoms with Gasteiger partial charge in [-0.05, 0) is 98.4 Å². The van der Waals surface area contributed by atoms with E-state index in [4.69, 9.17) is 4.98 Å². The first-order valence-corrected chi connectivity index (χ1v) is 12.3. The number of hydrogen-bond donors (Lipinski definition) is 2. The maximum Gasteiger partial charge on any atom is 0.573 e. The number of aromatic nitrogens is 2. The van der Waals surface area contributed by atoms with Gasteiger partial charge in [0.25, 0.3) is 0 Å². The van der Waals surface area contributed by atoms with Gasteiger partial charge in [0.15, 0.2) is 0 Å². The second-order valence-corrected chi connectivity index (χ2v) is 12.3. The van der Waals surface area contributed by atoms with Gasteiger partial charge >= 0.3 is 6.36 Å². The van der Waals surface area contributed by atoms with Crippen molar-refractivity contribution in [2.24, 2.45) is 10.8 Å². The largest absolute Gasteiger partial charge is 0.573 e. The van der Waals surface area contributed by atoms with E-state index in [-0.39, 0.29) is 22.6 Å². The van der Waals surface area contributed by atoms with E-state index >= 15 is 0 Å². The van der Waals surface area contributed by atoms with Crippen molar-refractivity contribution in [1.29, 1.82) is 0 Å². The summed E-state index contributed by atoms with van der Waals surface area (Å²) in [7, 11) is 0. The van der Waals surface area contributed by atoms with Gasteiger partial charge < -0.3 is 19.7 Å². The Morgan fingerprint density at radius 2 is 1.61 bits per heavy atom. The number of alkyl halides is 3. The van der Waals surface area contributed by atoms with Crippen molar-refractivity contribution < 1.29 is 23.0 Å².